The SMILES string of the molecule is CN(C)C(=O)CSc1ccccc1C(=O)OCC(=O)NCCC#N. The van der Waals surface area contributed by atoms with Gasteiger partial charge in [0, 0.05) is 25.5 Å². The first-order valence-electron chi connectivity index (χ1n) is 7.18. The highest BCUT2D eigenvalue weighted by Crippen LogP contribution is 2.23. The van der Waals surface area contributed by atoms with Gasteiger partial charge in [-0.05, 0) is 12.1 Å². The van der Waals surface area contributed by atoms with Gasteiger partial charge in [0.25, 0.3) is 5.91 Å². The zero-order valence-electron chi connectivity index (χ0n) is 13.6. The Bertz CT molecular complexity index is 640. The Morgan fingerprint density at radius 1 is 1.29 bits per heavy atom. The molecule has 2 amide bonds. The summed E-state index contributed by atoms with van der Waals surface area (Å²) in [4.78, 5) is 37.3. The van der Waals surface area contributed by atoms with Gasteiger partial charge in [-0.15, -0.1) is 11.8 Å². The van der Waals surface area contributed by atoms with Crippen molar-refractivity contribution in [1.29, 1.82) is 5.26 Å². The molecule has 24 heavy (non-hydrogen) atoms. The number of benzene rings is 1. The van der Waals surface area contributed by atoms with Crippen LogP contribution in [-0.4, -0.2) is 55.7 Å². The van der Waals surface area contributed by atoms with Crippen molar-refractivity contribution in [3.8, 4) is 6.07 Å². The normalized spacial score (nSPS) is 9.71. The van der Waals surface area contributed by atoms with E-state index in [1.165, 1.54) is 16.7 Å². The topological polar surface area (TPSA) is 99.5 Å². The number of hydrogen-bond acceptors (Lipinski definition) is 6. The summed E-state index contributed by atoms with van der Waals surface area (Å²) in [6.07, 6.45) is 0.194. The van der Waals surface area contributed by atoms with Crippen molar-refractivity contribution in [1.82, 2.24) is 10.2 Å². The van der Waals surface area contributed by atoms with Crippen LogP contribution in [0.4, 0.5) is 0 Å². The van der Waals surface area contributed by atoms with Crippen LogP contribution in [0, 0.1) is 11.3 Å². The minimum atomic E-state index is -0.633. The molecule has 0 heterocycles. The third kappa shape index (κ3) is 6.71. The van der Waals surface area contributed by atoms with Gasteiger partial charge in [0.15, 0.2) is 6.61 Å². The summed E-state index contributed by atoms with van der Waals surface area (Å²) in [5.41, 5.74) is 0.305. The van der Waals surface area contributed by atoms with E-state index in [1.54, 1.807) is 38.4 Å². The lowest BCUT2D eigenvalue weighted by molar-refractivity contribution is -0.126. The molecule has 1 aromatic carbocycles. The van der Waals surface area contributed by atoms with Crippen molar-refractivity contribution < 1.29 is 19.1 Å². The Morgan fingerprint density at radius 2 is 2.00 bits per heavy atom. The summed E-state index contributed by atoms with van der Waals surface area (Å²) in [5, 5.41) is 10.8. The maximum Gasteiger partial charge on any atom is 0.339 e. The third-order valence-electron chi connectivity index (χ3n) is 2.85. The lowest BCUT2D eigenvalue weighted by atomic mass is 10.2. The molecule has 0 radical (unpaired) electrons. The molecule has 0 saturated carbocycles. The Morgan fingerprint density at radius 3 is 2.67 bits per heavy atom. The van der Waals surface area contributed by atoms with Crippen molar-refractivity contribution >= 4 is 29.5 Å². The molecule has 0 fully saturated rings. The molecule has 0 aliphatic heterocycles. The van der Waals surface area contributed by atoms with E-state index in [0.29, 0.717) is 10.5 Å². The average Bonchev–Trinajstić information content (AvgIpc) is 2.57. The van der Waals surface area contributed by atoms with Crippen LogP contribution >= 0.6 is 11.8 Å². The summed E-state index contributed by atoms with van der Waals surface area (Å²) in [7, 11) is 3.32. The Kier molecular flexibility index (Phi) is 8.36. The maximum atomic E-state index is 12.1. The molecule has 0 spiro atoms. The van der Waals surface area contributed by atoms with Gasteiger partial charge >= 0.3 is 5.97 Å². The van der Waals surface area contributed by atoms with Crippen LogP contribution in [0.5, 0.6) is 0 Å². The molecule has 0 unspecified atom stereocenters. The number of nitrogens with zero attached hydrogens (tertiary/aromatic N) is 2. The second-order valence-corrected chi connectivity index (χ2v) is 5.92. The van der Waals surface area contributed by atoms with Crippen LogP contribution < -0.4 is 5.32 Å². The largest absolute Gasteiger partial charge is 0.452 e. The minimum Gasteiger partial charge on any atom is -0.452 e. The second kappa shape index (κ2) is 10.3. The van der Waals surface area contributed by atoms with E-state index in [0.717, 1.165) is 0 Å². The van der Waals surface area contributed by atoms with Gasteiger partial charge in [0.2, 0.25) is 5.91 Å². The summed E-state index contributed by atoms with van der Waals surface area (Å²) >= 11 is 1.23. The lowest BCUT2D eigenvalue weighted by Gasteiger charge is -2.12. The maximum absolute atomic E-state index is 12.1. The van der Waals surface area contributed by atoms with Gasteiger partial charge < -0.3 is 15.0 Å². The fourth-order valence-corrected chi connectivity index (χ4v) is 2.57. The highest BCUT2D eigenvalue weighted by molar-refractivity contribution is 8.00. The number of hydrogen-bond donors (Lipinski definition) is 1. The predicted molar refractivity (Wildman–Crippen MR) is 89.4 cm³/mol. The van der Waals surface area contributed by atoms with Gasteiger partial charge in [0.1, 0.15) is 0 Å². The number of amides is 2. The number of rotatable bonds is 8. The molecule has 0 aromatic heterocycles. The average molecular weight is 349 g/mol. The highest BCUT2D eigenvalue weighted by atomic mass is 32.2. The molecule has 0 atom stereocenters. The van der Waals surface area contributed by atoms with Crippen LogP contribution in [0.2, 0.25) is 0 Å². The fraction of sp³-hybridized carbons (Fsp3) is 0.375. The molecule has 8 heteroatoms. The number of ether oxygens (including phenoxy) is 1. The van der Waals surface area contributed by atoms with Gasteiger partial charge in [0.05, 0.1) is 23.8 Å². The summed E-state index contributed by atoms with van der Waals surface area (Å²) in [6, 6.07) is 8.64. The molecule has 1 N–H and O–H groups in total. The van der Waals surface area contributed by atoms with E-state index in [-0.39, 0.29) is 24.6 Å². The lowest BCUT2D eigenvalue weighted by Crippen LogP contribution is -2.29. The Balaban J connectivity index is 2.59. The van der Waals surface area contributed by atoms with E-state index in [1.807, 2.05) is 6.07 Å². The summed E-state index contributed by atoms with van der Waals surface area (Å²) < 4.78 is 4.97. The van der Waals surface area contributed by atoms with Crippen molar-refractivity contribution in [2.45, 2.75) is 11.3 Å². The van der Waals surface area contributed by atoms with Crippen LogP contribution in [0.15, 0.2) is 29.2 Å². The zero-order valence-corrected chi connectivity index (χ0v) is 14.4. The number of carbonyl (C=O) groups excluding carboxylic acids is 3. The number of nitriles is 1. The molecule has 128 valence electrons. The van der Waals surface area contributed by atoms with Crippen LogP contribution in [-0.2, 0) is 14.3 Å². The van der Waals surface area contributed by atoms with Crippen LogP contribution in [0.25, 0.3) is 0 Å². The number of esters is 1. The van der Waals surface area contributed by atoms with Crippen molar-refractivity contribution in [3.05, 3.63) is 29.8 Å². The first kappa shape index (κ1) is 19.5. The number of carbonyl (C=O) groups is 3. The van der Waals surface area contributed by atoms with Gasteiger partial charge in [-0.25, -0.2) is 4.79 Å². The molecular weight excluding hydrogens is 330 g/mol. The van der Waals surface area contributed by atoms with E-state index >= 15 is 0 Å². The van der Waals surface area contributed by atoms with E-state index in [9.17, 15) is 14.4 Å². The molecule has 1 aromatic rings. The number of nitrogens with one attached hydrogen (secondary N) is 1. The van der Waals surface area contributed by atoms with Gasteiger partial charge in [-0.1, -0.05) is 12.1 Å². The van der Waals surface area contributed by atoms with E-state index in [4.69, 9.17) is 10.00 Å². The predicted octanol–water partition coefficient (Wildman–Crippen LogP) is 1.05. The standard InChI is InChI=1S/C16H19N3O4S/c1-19(2)15(21)11-24-13-7-4-3-6-12(13)16(22)23-10-14(20)18-9-5-8-17/h3-4,6-7H,5,9-11H2,1-2H3,(H,18,20). The summed E-state index contributed by atoms with van der Waals surface area (Å²) in [5.74, 6) is -0.969. The highest BCUT2D eigenvalue weighted by Gasteiger charge is 2.15. The Hall–Kier alpha value is -2.53. The Labute approximate surface area is 145 Å². The van der Waals surface area contributed by atoms with Gasteiger partial charge in [-0.2, -0.15) is 5.26 Å². The third-order valence-corrected chi connectivity index (χ3v) is 3.91. The second-order valence-electron chi connectivity index (χ2n) is 4.91. The van der Waals surface area contributed by atoms with Crippen molar-refractivity contribution in [2.24, 2.45) is 0 Å². The quantitative estimate of drug-likeness (QED) is 0.428. The van der Waals surface area contributed by atoms with Crippen LogP contribution in [0.3, 0.4) is 0 Å². The first-order chi connectivity index (χ1) is 11.5. The van der Waals surface area contributed by atoms with Crippen LogP contribution in [0.1, 0.15) is 16.8 Å². The smallest absolute Gasteiger partial charge is 0.339 e. The zero-order chi connectivity index (χ0) is 17.9. The molecule has 0 bridgehead atoms. The minimum absolute atomic E-state index is 0.0694. The van der Waals surface area contributed by atoms with E-state index < -0.39 is 18.5 Å². The van der Waals surface area contributed by atoms with E-state index in [2.05, 4.69) is 5.32 Å². The number of thioether (sulfide) groups is 1. The summed E-state index contributed by atoms with van der Waals surface area (Å²) in [6.45, 7) is -0.203. The van der Waals surface area contributed by atoms with Crippen molar-refractivity contribution in [2.75, 3.05) is 33.0 Å². The molecule has 7 nitrogen and oxygen atoms in total. The molecule has 0 saturated heterocycles. The molecule has 1 rings (SSSR count). The first-order valence-corrected chi connectivity index (χ1v) is 8.17. The van der Waals surface area contributed by atoms with Crippen molar-refractivity contribution in [3.63, 3.8) is 0 Å². The monoisotopic (exact) mass is 349 g/mol. The molecule has 0 aliphatic rings. The fourth-order valence-electron chi connectivity index (χ4n) is 1.55. The molecular formula is C16H19N3O4S. The van der Waals surface area contributed by atoms with Gasteiger partial charge in [-0.3, -0.25) is 9.59 Å². The molecule has 0 aliphatic carbocycles.